The molecule has 3 nitrogen and oxygen atoms in total. The van der Waals surface area contributed by atoms with Gasteiger partial charge in [-0.05, 0) is 222 Å². The molecule has 19 aromatic carbocycles. The van der Waals surface area contributed by atoms with Gasteiger partial charge in [-0.15, -0.1) is 0 Å². The average Bonchev–Trinajstić information content (AvgIpc) is 1.67. The molecule has 0 saturated carbocycles. The van der Waals surface area contributed by atoms with Crippen molar-refractivity contribution >= 4 is 74.3 Å². The predicted molar refractivity (Wildman–Crippen MR) is 501 cm³/mol. The van der Waals surface area contributed by atoms with E-state index in [0.717, 1.165) is 84.6 Å². The zero-order valence-corrected chi connectivity index (χ0v) is 66.1. The van der Waals surface area contributed by atoms with Gasteiger partial charge in [-0.1, -0.05) is 388 Å². The van der Waals surface area contributed by atoms with Crippen LogP contribution in [-0.4, -0.2) is 6.71 Å². The molecule has 0 unspecified atom stereocenters. The molecule has 560 valence electrons. The monoisotopic (exact) mass is 1530 g/mol. The maximum atomic E-state index is 2.67. The molecule has 4 aliphatic carbocycles. The minimum absolute atomic E-state index is 0.275. The van der Waals surface area contributed by atoms with Crippen LogP contribution in [0.3, 0.4) is 0 Å². The second kappa shape index (κ2) is 25.8. The van der Waals surface area contributed by atoms with Gasteiger partial charge in [0.15, 0.2) is 0 Å². The topological polar surface area (TPSA) is 9.72 Å². The summed E-state index contributed by atoms with van der Waals surface area (Å²) in [5.74, 6) is 0. The number of hydrogen-bond donors (Lipinski definition) is 0. The molecule has 0 atom stereocenters. The van der Waals surface area contributed by atoms with Crippen molar-refractivity contribution in [2.24, 2.45) is 0 Å². The third-order valence-electron chi connectivity index (χ3n) is 27.9. The van der Waals surface area contributed by atoms with Gasteiger partial charge in [-0.3, -0.25) is 0 Å². The van der Waals surface area contributed by atoms with Crippen LogP contribution in [0.2, 0.25) is 0 Å². The summed E-state index contributed by atoms with van der Waals surface area (Å²) < 4.78 is 0. The second-order valence-electron chi connectivity index (χ2n) is 33.5. The Morgan fingerprint density at radius 1 is 0.157 bits per heavy atom. The summed E-state index contributed by atoms with van der Waals surface area (Å²) in [5, 5.41) is 0. The average molecular weight is 1530 g/mol. The molecule has 2 spiro atoms. The SMILES string of the molecule is c1ccc(-c2ccc3c(c2)B2c4cc(-c5ccccc5)ccc4N(c4ccccc4-c4ccc5c(c4)-c4ccccc4C54c5ccccc5-c5ccccc54)c4cc(N5c6ccccc6C(c6ccccc6)(c6ccccc6)c6ccccc65)cc(c42)N3c2ccccc2-c2ccc3c(c2)-c2ccccc2C32c3ccccc3-c3ccccc32)cc1. The molecular weight excluding hydrogens is 1460 g/mol. The molecule has 0 bridgehead atoms. The lowest BCUT2D eigenvalue weighted by Crippen LogP contribution is -2.61. The third-order valence-corrected chi connectivity index (χ3v) is 27.9. The lowest BCUT2D eigenvalue weighted by atomic mass is 9.33. The van der Waals surface area contributed by atoms with E-state index in [4.69, 9.17) is 0 Å². The van der Waals surface area contributed by atoms with E-state index >= 15 is 0 Å². The van der Waals surface area contributed by atoms with E-state index in [1.807, 2.05) is 0 Å². The summed E-state index contributed by atoms with van der Waals surface area (Å²) in [6, 6.07) is 171. The van der Waals surface area contributed by atoms with Gasteiger partial charge in [0.25, 0.3) is 6.71 Å². The minimum atomic E-state index is -0.707. The van der Waals surface area contributed by atoms with Crippen LogP contribution in [0.5, 0.6) is 0 Å². The molecule has 4 heteroatoms. The number of rotatable bonds is 9. The molecule has 0 fully saturated rings. The van der Waals surface area contributed by atoms with Crippen LogP contribution in [0.4, 0.5) is 51.2 Å². The fourth-order valence-electron chi connectivity index (χ4n) is 23.3. The standard InChI is InChI=1S/C117H74BN3/c1-5-33-75(34-6-1)77-63-67-110-104(71-77)118-105-72-78(76-35-7-2-8-36-76)64-68-111(105)121(107-58-30-20-42-85(107)80-62-66-101-93(70-80)91-48-18-26-54-99(91)117(101)96-51-23-15-45-88(96)89-46-16-24-52-97(89)117)113-74-83(119-108-59-31-27-55-102(108)115(81-37-9-3-10-38-81,82-39-11-4-12-40-82)103-56-28-32-60-109(103)119)73-112(114(113)118)120(110)106-57-29-19-41-84(106)79-61-65-100-92(69-79)90-47-17-25-53-98(90)116(100)94-49-21-13-43-86(94)87-44-14-22-50-95(87)116/h1-74H. The van der Waals surface area contributed by atoms with Gasteiger partial charge in [-0.2, -0.15) is 0 Å². The number of hydrogen-bond acceptors (Lipinski definition) is 3. The molecule has 0 N–H and O–H groups in total. The van der Waals surface area contributed by atoms with Crippen LogP contribution < -0.4 is 31.1 Å². The molecule has 121 heavy (non-hydrogen) atoms. The molecule has 0 radical (unpaired) electrons. The second-order valence-corrected chi connectivity index (χ2v) is 33.5. The summed E-state index contributed by atoms with van der Waals surface area (Å²) in [7, 11) is 0. The minimum Gasteiger partial charge on any atom is -0.311 e. The maximum Gasteiger partial charge on any atom is 0.252 e. The Balaban J connectivity index is 0.760. The van der Waals surface area contributed by atoms with Crippen molar-refractivity contribution in [3.63, 3.8) is 0 Å². The molecule has 3 aliphatic heterocycles. The molecule has 19 aromatic rings. The molecule has 3 heterocycles. The Kier molecular flexibility index (Phi) is 14.5. The third kappa shape index (κ3) is 9.18. The van der Waals surface area contributed by atoms with E-state index < -0.39 is 16.2 Å². The van der Waals surface area contributed by atoms with Crippen molar-refractivity contribution in [1.82, 2.24) is 0 Å². The van der Waals surface area contributed by atoms with E-state index in [0.29, 0.717) is 0 Å². The number of para-hydroxylation sites is 4. The van der Waals surface area contributed by atoms with Crippen molar-refractivity contribution in [1.29, 1.82) is 0 Å². The van der Waals surface area contributed by atoms with Gasteiger partial charge in [0.05, 0.1) is 44.7 Å². The van der Waals surface area contributed by atoms with E-state index in [2.05, 4.69) is 464 Å². The highest BCUT2D eigenvalue weighted by atomic mass is 15.2. The van der Waals surface area contributed by atoms with Gasteiger partial charge in [0.1, 0.15) is 0 Å². The first-order valence-electron chi connectivity index (χ1n) is 42.4. The summed E-state index contributed by atoms with van der Waals surface area (Å²) in [6.07, 6.45) is 0. The van der Waals surface area contributed by atoms with Gasteiger partial charge in [0.2, 0.25) is 0 Å². The maximum absolute atomic E-state index is 2.67. The van der Waals surface area contributed by atoms with Crippen LogP contribution in [-0.2, 0) is 16.2 Å². The first-order valence-corrected chi connectivity index (χ1v) is 42.4. The molecule has 0 amide bonds. The number of nitrogens with zero attached hydrogens (tertiary/aromatic N) is 3. The highest BCUT2D eigenvalue weighted by Gasteiger charge is 2.55. The quantitative estimate of drug-likeness (QED) is 0.133. The van der Waals surface area contributed by atoms with Gasteiger partial charge in [-0.25, -0.2) is 0 Å². The number of anilines is 9. The first-order chi connectivity index (χ1) is 60.1. The van der Waals surface area contributed by atoms with Crippen molar-refractivity contribution in [3.8, 4) is 89.0 Å². The molecule has 7 aliphatic rings. The van der Waals surface area contributed by atoms with Crippen LogP contribution in [0.1, 0.15) is 66.8 Å². The van der Waals surface area contributed by atoms with E-state index in [-0.39, 0.29) is 6.71 Å². The normalized spacial score (nSPS) is 14.4. The first kappa shape index (κ1) is 67.8. The summed E-state index contributed by atoms with van der Waals surface area (Å²) in [6.45, 7) is -0.275. The van der Waals surface area contributed by atoms with E-state index in [9.17, 15) is 0 Å². The lowest BCUT2D eigenvalue weighted by molar-refractivity contribution is 0.731. The summed E-state index contributed by atoms with van der Waals surface area (Å²) in [4.78, 5) is 7.96. The zero-order chi connectivity index (χ0) is 79.2. The molecular formula is C117H74BN3. The summed E-state index contributed by atoms with van der Waals surface area (Å²) >= 11 is 0. The van der Waals surface area contributed by atoms with Crippen molar-refractivity contribution in [3.05, 3.63) is 516 Å². The fourth-order valence-corrected chi connectivity index (χ4v) is 23.3. The van der Waals surface area contributed by atoms with Crippen molar-refractivity contribution in [2.75, 3.05) is 14.7 Å². The van der Waals surface area contributed by atoms with Gasteiger partial charge in [0, 0.05) is 33.9 Å². The van der Waals surface area contributed by atoms with E-state index in [1.165, 1.54) is 139 Å². The smallest absolute Gasteiger partial charge is 0.252 e. The highest BCUT2D eigenvalue weighted by molar-refractivity contribution is 7.00. The Morgan fingerprint density at radius 2 is 0.438 bits per heavy atom. The summed E-state index contributed by atoms with van der Waals surface area (Å²) in [5.41, 5.74) is 46.7. The Labute approximate surface area is 705 Å². The largest absolute Gasteiger partial charge is 0.311 e. The molecule has 26 rings (SSSR count). The molecule has 0 aromatic heterocycles. The number of fused-ring (bicyclic) bond motifs is 26. The Hall–Kier alpha value is -15.4. The van der Waals surface area contributed by atoms with Gasteiger partial charge >= 0.3 is 0 Å². The zero-order valence-electron chi connectivity index (χ0n) is 66.1. The Morgan fingerprint density at radius 3 is 0.802 bits per heavy atom. The van der Waals surface area contributed by atoms with Crippen LogP contribution in [0.25, 0.3) is 89.0 Å². The van der Waals surface area contributed by atoms with Crippen molar-refractivity contribution < 1.29 is 0 Å². The van der Waals surface area contributed by atoms with E-state index in [1.54, 1.807) is 0 Å². The van der Waals surface area contributed by atoms with Crippen LogP contribution in [0, 0.1) is 0 Å². The van der Waals surface area contributed by atoms with Crippen LogP contribution in [0.15, 0.2) is 449 Å². The Bertz CT molecular complexity index is 7040. The fraction of sp³-hybridized carbons (Fsp3) is 0.0256. The van der Waals surface area contributed by atoms with Gasteiger partial charge < -0.3 is 14.7 Å². The lowest BCUT2D eigenvalue weighted by Gasteiger charge is -2.48. The van der Waals surface area contributed by atoms with Crippen molar-refractivity contribution in [2.45, 2.75) is 16.2 Å². The highest BCUT2D eigenvalue weighted by Crippen LogP contribution is 2.67. The predicted octanol–water partition coefficient (Wildman–Crippen LogP) is 27.3. The number of benzene rings is 19. The molecule has 0 saturated heterocycles. The van der Waals surface area contributed by atoms with Crippen LogP contribution >= 0.6 is 0 Å².